The molecule has 0 unspecified atom stereocenters. The van der Waals surface area contributed by atoms with E-state index in [9.17, 15) is 0 Å². The van der Waals surface area contributed by atoms with Crippen molar-refractivity contribution in [3.63, 3.8) is 0 Å². The van der Waals surface area contributed by atoms with Crippen molar-refractivity contribution in [2.75, 3.05) is 18.8 Å². The Morgan fingerprint density at radius 1 is 1.25 bits per heavy atom. The molecule has 0 atom stereocenters. The highest BCUT2D eigenvalue weighted by molar-refractivity contribution is 5.90. The zero-order chi connectivity index (χ0) is 11.0. The molecular formula is C13H17N3. The van der Waals surface area contributed by atoms with Crippen molar-refractivity contribution in [1.29, 1.82) is 0 Å². The normalized spacial score (nSPS) is 17.2. The van der Waals surface area contributed by atoms with Crippen LogP contribution in [0.15, 0.2) is 24.3 Å². The zero-order valence-electron chi connectivity index (χ0n) is 9.37. The summed E-state index contributed by atoms with van der Waals surface area (Å²) in [6.07, 6.45) is 2.67. The number of nitrogen functional groups attached to an aromatic ring is 1. The highest BCUT2D eigenvalue weighted by Gasteiger charge is 2.13. The molecule has 1 fully saturated rings. The number of aromatic amines is 1. The molecule has 2 heterocycles. The smallest absolute Gasteiger partial charge is 0.0690 e. The van der Waals surface area contributed by atoms with E-state index in [1.54, 1.807) is 0 Å². The van der Waals surface area contributed by atoms with Gasteiger partial charge in [-0.05, 0) is 38.1 Å². The van der Waals surface area contributed by atoms with Gasteiger partial charge in [0.05, 0.1) is 11.2 Å². The molecule has 16 heavy (non-hydrogen) atoms. The number of nitrogens with two attached hydrogens (primary N) is 1. The third kappa shape index (κ3) is 1.67. The van der Waals surface area contributed by atoms with Crippen LogP contribution in [0.5, 0.6) is 0 Å². The average Bonchev–Trinajstić information content (AvgIpc) is 2.88. The molecule has 2 aromatic rings. The van der Waals surface area contributed by atoms with Crippen molar-refractivity contribution in [1.82, 2.24) is 9.88 Å². The van der Waals surface area contributed by atoms with E-state index in [4.69, 9.17) is 5.73 Å². The Hall–Kier alpha value is -1.48. The van der Waals surface area contributed by atoms with Gasteiger partial charge >= 0.3 is 0 Å². The predicted molar refractivity (Wildman–Crippen MR) is 67.2 cm³/mol. The Labute approximate surface area is 95.2 Å². The highest BCUT2D eigenvalue weighted by atomic mass is 15.1. The molecule has 1 saturated heterocycles. The Bertz CT molecular complexity index is 495. The van der Waals surface area contributed by atoms with Gasteiger partial charge in [-0.15, -0.1) is 0 Å². The summed E-state index contributed by atoms with van der Waals surface area (Å²) in [4.78, 5) is 5.91. The van der Waals surface area contributed by atoms with E-state index in [1.165, 1.54) is 37.0 Å². The zero-order valence-corrected chi connectivity index (χ0v) is 9.37. The second kappa shape index (κ2) is 3.83. The Balaban J connectivity index is 1.90. The van der Waals surface area contributed by atoms with Crippen LogP contribution >= 0.6 is 0 Å². The molecule has 1 aliphatic rings. The number of rotatable bonds is 2. The molecule has 3 N–H and O–H groups in total. The monoisotopic (exact) mass is 215 g/mol. The number of anilines is 1. The summed E-state index contributed by atoms with van der Waals surface area (Å²) in [6, 6.07) is 8.27. The van der Waals surface area contributed by atoms with Gasteiger partial charge < -0.3 is 10.7 Å². The van der Waals surface area contributed by atoms with Gasteiger partial charge in [-0.1, -0.05) is 12.1 Å². The molecule has 0 spiro atoms. The Morgan fingerprint density at radius 2 is 2.06 bits per heavy atom. The van der Waals surface area contributed by atoms with Gasteiger partial charge in [0.25, 0.3) is 0 Å². The molecule has 1 aromatic carbocycles. The lowest BCUT2D eigenvalue weighted by atomic mass is 10.2. The minimum Gasteiger partial charge on any atom is -0.397 e. The molecule has 0 bridgehead atoms. The summed E-state index contributed by atoms with van der Waals surface area (Å²) in [5.74, 6) is 0. The van der Waals surface area contributed by atoms with Crippen LogP contribution in [0.25, 0.3) is 10.9 Å². The minimum absolute atomic E-state index is 0.838. The highest BCUT2D eigenvalue weighted by Crippen LogP contribution is 2.22. The molecule has 0 amide bonds. The van der Waals surface area contributed by atoms with Gasteiger partial charge in [0, 0.05) is 17.6 Å². The van der Waals surface area contributed by atoms with Crippen LogP contribution in [-0.4, -0.2) is 23.0 Å². The first-order chi connectivity index (χ1) is 7.83. The number of fused-ring (bicyclic) bond motifs is 1. The van der Waals surface area contributed by atoms with E-state index in [2.05, 4.69) is 22.0 Å². The van der Waals surface area contributed by atoms with E-state index in [1.807, 2.05) is 12.1 Å². The number of aromatic nitrogens is 1. The molecule has 1 aromatic heterocycles. The molecule has 1 aliphatic heterocycles. The lowest BCUT2D eigenvalue weighted by Crippen LogP contribution is -2.18. The number of benzene rings is 1. The first-order valence-corrected chi connectivity index (χ1v) is 5.91. The summed E-state index contributed by atoms with van der Waals surface area (Å²) >= 11 is 0. The number of para-hydroxylation sites is 1. The van der Waals surface area contributed by atoms with Gasteiger partial charge in [-0.2, -0.15) is 0 Å². The second-order valence-corrected chi connectivity index (χ2v) is 4.59. The standard InChI is InChI=1S/C13H17N3/c14-12-5-3-4-10-8-11(15-13(10)12)9-16-6-1-2-7-16/h3-5,8,15H,1-2,6-7,9,14H2. The number of hydrogen-bond donors (Lipinski definition) is 2. The van der Waals surface area contributed by atoms with Crippen LogP contribution in [0.2, 0.25) is 0 Å². The van der Waals surface area contributed by atoms with Gasteiger partial charge in [0.15, 0.2) is 0 Å². The van der Waals surface area contributed by atoms with Crippen molar-refractivity contribution in [3.8, 4) is 0 Å². The molecule has 3 nitrogen and oxygen atoms in total. The van der Waals surface area contributed by atoms with Crippen LogP contribution in [0.4, 0.5) is 5.69 Å². The van der Waals surface area contributed by atoms with Crippen molar-refractivity contribution in [3.05, 3.63) is 30.0 Å². The largest absolute Gasteiger partial charge is 0.397 e. The van der Waals surface area contributed by atoms with Crippen molar-refractivity contribution in [2.24, 2.45) is 0 Å². The fourth-order valence-corrected chi connectivity index (χ4v) is 2.50. The first kappa shape index (κ1) is 9.73. The van der Waals surface area contributed by atoms with E-state index in [0.29, 0.717) is 0 Å². The maximum absolute atomic E-state index is 5.93. The summed E-state index contributed by atoms with van der Waals surface area (Å²) in [6.45, 7) is 3.48. The van der Waals surface area contributed by atoms with Gasteiger partial charge in [-0.3, -0.25) is 4.90 Å². The number of likely N-dealkylation sites (tertiary alicyclic amines) is 1. The molecule has 0 saturated carbocycles. The average molecular weight is 215 g/mol. The molecule has 3 rings (SSSR count). The Kier molecular flexibility index (Phi) is 2.33. The first-order valence-electron chi connectivity index (χ1n) is 5.91. The third-order valence-corrected chi connectivity index (χ3v) is 3.34. The van der Waals surface area contributed by atoms with Gasteiger partial charge in [0.1, 0.15) is 0 Å². The fourth-order valence-electron chi connectivity index (χ4n) is 2.50. The SMILES string of the molecule is Nc1cccc2cc(CN3CCCC3)[nH]c12. The molecular weight excluding hydrogens is 198 g/mol. The van der Waals surface area contributed by atoms with E-state index < -0.39 is 0 Å². The number of nitrogens with zero attached hydrogens (tertiary/aromatic N) is 1. The van der Waals surface area contributed by atoms with Crippen LogP contribution in [0, 0.1) is 0 Å². The van der Waals surface area contributed by atoms with Crippen molar-refractivity contribution in [2.45, 2.75) is 19.4 Å². The van der Waals surface area contributed by atoms with E-state index in [-0.39, 0.29) is 0 Å². The van der Waals surface area contributed by atoms with Crippen LogP contribution in [0.1, 0.15) is 18.5 Å². The van der Waals surface area contributed by atoms with Crippen molar-refractivity contribution < 1.29 is 0 Å². The summed E-state index contributed by atoms with van der Waals surface area (Å²) in [7, 11) is 0. The molecule has 0 radical (unpaired) electrons. The van der Waals surface area contributed by atoms with Gasteiger partial charge in [0.2, 0.25) is 0 Å². The van der Waals surface area contributed by atoms with E-state index in [0.717, 1.165) is 17.7 Å². The lowest BCUT2D eigenvalue weighted by molar-refractivity contribution is 0.328. The third-order valence-electron chi connectivity index (χ3n) is 3.34. The lowest BCUT2D eigenvalue weighted by Gasteiger charge is -2.12. The Morgan fingerprint density at radius 3 is 2.81 bits per heavy atom. The van der Waals surface area contributed by atoms with Crippen LogP contribution in [0.3, 0.4) is 0 Å². The minimum atomic E-state index is 0.838. The quantitative estimate of drug-likeness (QED) is 0.755. The second-order valence-electron chi connectivity index (χ2n) is 4.59. The van der Waals surface area contributed by atoms with Crippen LogP contribution < -0.4 is 5.73 Å². The summed E-state index contributed by atoms with van der Waals surface area (Å²) < 4.78 is 0. The predicted octanol–water partition coefficient (Wildman–Crippen LogP) is 2.35. The maximum Gasteiger partial charge on any atom is 0.0690 e. The number of H-pyrrole nitrogens is 1. The molecule has 84 valence electrons. The maximum atomic E-state index is 5.93. The topological polar surface area (TPSA) is 45.0 Å². The molecule has 0 aliphatic carbocycles. The van der Waals surface area contributed by atoms with E-state index >= 15 is 0 Å². The number of hydrogen-bond acceptors (Lipinski definition) is 2. The molecule has 3 heteroatoms. The van der Waals surface area contributed by atoms with Crippen molar-refractivity contribution >= 4 is 16.6 Å². The number of nitrogens with one attached hydrogen (secondary N) is 1. The summed E-state index contributed by atoms with van der Waals surface area (Å²) in [5, 5.41) is 1.22. The van der Waals surface area contributed by atoms with Gasteiger partial charge in [-0.25, -0.2) is 0 Å². The van der Waals surface area contributed by atoms with Crippen LogP contribution in [-0.2, 0) is 6.54 Å². The summed E-state index contributed by atoms with van der Waals surface area (Å²) in [5.41, 5.74) is 9.12. The fraction of sp³-hybridized carbons (Fsp3) is 0.385.